The van der Waals surface area contributed by atoms with Crippen LogP contribution in [0.1, 0.15) is 52.7 Å². The van der Waals surface area contributed by atoms with Gasteiger partial charge in [0.2, 0.25) is 0 Å². The summed E-state index contributed by atoms with van der Waals surface area (Å²) in [5.41, 5.74) is 0.833. The molecule has 0 aliphatic carbocycles. The highest BCUT2D eigenvalue weighted by atomic mass is 16.5. The van der Waals surface area contributed by atoms with E-state index in [1.807, 2.05) is 31.2 Å². The van der Waals surface area contributed by atoms with Gasteiger partial charge in [0.25, 0.3) is 0 Å². The van der Waals surface area contributed by atoms with E-state index in [4.69, 9.17) is 4.74 Å². The van der Waals surface area contributed by atoms with Gasteiger partial charge in [-0.2, -0.15) is 0 Å². The Labute approximate surface area is 165 Å². The molecule has 0 radical (unpaired) electrons. The van der Waals surface area contributed by atoms with Crippen molar-refractivity contribution in [3.63, 3.8) is 0 Å². The zero-order valence-electron chi connectivity index (χ0n) is 17.8. The van der Waals surface area contributed by atoms with E-state index < -0.39 is 6.10 Å². The molecule has 1 rings (SSSR count). The third-order valence-electron chi connectivity index (χ3n) is 4.48. The summed E-state index contributed by atoms with van der Waals surface area (Å²) in [6.45, 7) is 14.0. The first-order valence-electron chi connectivity index (χ1n) is 9.98. The van der Waals surface area contributed by atoms with E-state index >= 15 is 0 Å². The molecule has 6 heteroatoms. The number of aliphatic hydroxyl groups is 1. The first-order valence-corrected chi connectivity index (χ1v) is 9.98. The Morgan fingerprint density at radius 1 is 1.11 bits per heavy atom. The molecule has 0 saturated carbocycles. The largest absolute Gasteiger partial charge is 0.497 e. The van der Waals surface area contributed by atoms with Crippen molar-refractivity contribution < 1.29 is 9.84 Å². The molecule has 0 spiro atoms. The average Bonchev–Trinajstić information content (AvgIpc) is 2.64. The van der Waals surface area contributed by atoms with Crippen LogP contribution < -0.4 is 15.4 Å². The van der Waals surface area contributed by atoms with Crippen LogP contribution in [0.3, 0.4) is 0 Å². The minimum Gasteiger partial charge on any atom is -0.497 e. The second kappa shape index (κ2) is 12.6. The summed E-state index contributed by atoms with van der Waals surface area (Å²) in [6, 6.07) is 8.53. The van der Waals surface area contributed by atoms with Crippen molar-refractivity contribution in [2.45, 2.75) is 59.2 Å². The van der Waals surface area contributed by atoms with Gasteiger partial charge in [-0.25, -0.2) is 0 Å². The molecular formula is C21H38N4O2. The normalized spacial score (nSPS) is 13.3. The van der Waals surface area contributed by atoms with Crippen LogP contribution in [0, 0.1) is 0 Å². The zero-order chi connectivity index (χ0) is 20.2. The van der Waals surface area contributed by atoms with E-state index in [9.17, 15) is 5.11 Å². The lowest BCUT2D eigenvalue weighted by atomic mass is 10.1. The van der Waals surface area contributed by atoms with Crippen LogP contribution in [-0.2, 0) is 0 Å². The third kappa shape index (κ3) is 8.63. The van der Waals surface area contributed by atoms with Gasteiger partial charge in [0, 0.05) is 31.7 Å². The number of aliphatic imine (C=N–C) groups is 1. The van der Waals surface area contributed by atoms with Gasteiger partial charge in [-0.15, -0.1) is 0 Å². The summed E-state index contributed by atoms with van der Waals surface area (Å²) in [5.74, 6) is 1.52. The Hall–Kier alpha value is -1.79. The summed E-state index contributed by atoms with van der Waals surface area (Å²) < 4.78 is 5.15. The molecule has 154 valence electrons. The Kier molecular flexibility index (Phi) is 10.8. The Bertz CT molecular complexity index is 536. The molecule has 6 nitrogen and oxygen atoms in total. The van der Waals surface area contributed by atoms with Crippen molar-refractivity contribution in [3.8, 4) is 5.75 Å². The fourth-order valence-corrected chi connectivity index (χ4v) is 3.03. The number of hydrogen-bond acceptors (Lipinski definition) is 4. The van der Waals surface area contributed by atoms with Crippen molar-refractivity contribution in [2.75, 3.05) is 33.3 Å². The van der Waals surface area contributed by atoms with Crippen LogP contribution in [0.25, 0.3) is 0 Å². The predicted octanol–water partition coefficient (Wildman–Crippen LogP) is 2.79. The number of benzene rings is 1. The highest BCUT2D eigenvalue weighted by Gasteiger charge is 2.12. The van der Waals surface area contributed by atoms with Crippen LogP contribution in [0.15, 0.2) is 29.3 Å². The highest BCUT2D eigenvalue weighted by molar-refractivity contribution is 5.79. The number of guanidine groups is 1. The van der Waals surface area contributed by atoms with Gasteiger partial charge in [-0.3, -0.25) is 9.89 Å². The molecule has 0 heterocycles. The van der Waals surface area contributed by atoms with Crippen LogP contribution in [0.5, 0.6) is 5.75 Å². The van der Waals surface area contributed by atoms with Crippen molar-refractivity contribution >= 4 is 5.96 Å². The number of nitrogens with zero attached hydrogens (tertiary/aromatic N) is 2. The predicted molar refractivity (Wildman–Crippen MR) is 114 cm³/mol. The van der Waals surface area contributed by atoms with Gasteiger partial charge in [-0.1, -0.05) is 12.1 Å². The molecule has 3 N–H and O–H groups in total. The molecule has 0 aliphatic rings. The van der Waals surface area contributed by atoms with E-state index in [1.165, 1.54) is 0 Å². The molecule has 1 atom stereocenters. The van der Waals surface area contributed by atoms with Gasteiger partial charge in [0.1, 0.15) is 5.75 Å². The van der Waals surface area contributed by atoms with Crippen LogP contribution in [0.2, 0.25) is 0 Å². The lowest BCUT2D eigenvalue weighted by Crippen LogP contribution is -2.41. The number of nitrogens with one attached hydrogen (secondary N) is 2. The van der Waals surface area contributed by atoms with Crippen molar-refractivity contribution in [2.24, 2.45) is 4.99 Å². The van der Waals surface area contributed by atoms with Gasteiger partial charge >= 0.3 is 0 Å². The van der Waals surface area contributed by atoms with Crippen molar-refractivity contribution in [3.05, 3.63) is 29.8 Å². The molecule has 0 aliphatic heterocycles. The summed E-state index contributed by atoms with van der Waals surface area (Å²) in [7, 11) is 1.63. The Morgan fingerprint density at radius 2 is 1.74 bits per heavy atom. The number of rotatable bonds is 11. The topological polar surface area (TPSA) is 69.1 Å². The lowest BCUT2D eigenvalue weighted by molar-refractivity contribution is 0.173. The quantitative estimate of drug-likeness (QED) is 0.314. The third-order valence-corrected chi connectivity index (χ3v) is 4.48. The molecule has 0 bridgehead atoms. The number of ether oxygens (including phenoxy) is 1. The standard InChI is InChI=1S/C21H38N4O2/c1-7-22-21(23-13-8-14-25(16(2)3)17(4)5)24-15-20(26)18-9-11-19(27-6)12-10-18/h9-12,16-17,20,26H,7-8,13-15H2,1-6H3,(H2,22,23,24). The molecule has 0 aromatic heterocycles. The first-order chi connectivity index (χ1) is 12.9. The maximum atomic E-state index is 10.4. The Balaban J connectivity index is 2.51. The van der Waals surface area contributed by atoms with Crippen LogP contribution in [-0.4, -0.2) is 61.3 Å². The first kappa shape index (κ1) is 23.2. The van der Waals surface area contributed by atoms with Crippen LogP contribution >= 0.6 is 0 Å². The fourth-order valence-electron chi connectivity index (χ4n) is 3.03. The molecule has 0 fully saturated rings. The lowest BCUT2D eigenvalue weighted by Gasteiger charge is -2.30. The molecule has 0 saturated heterocycles. The number of aliphatic hydroxyl groups excluding tert-OH is 1. The maximum Gasteiger partial charge on any atom is 0.191 e. The number of hydrogen-bond donors (Lipinski definition) is 3. The SMILES string of the molecule is CCNC(=NCC(O)c1ccc(OC)cc1)NCCCN(C(C)C)C(C)C. The zero-order valence-corrected chi connectivity index (χ0v) is 17.8. The van der Waals surface area contributed by atoms with Gasteiger partial charge in [0.05, 0.1) is 19.8 Å². The number of methoxy groups -OCH3 is 1. The minimum absolute atomic E-state index is 0.311. The summed E-state index contributed by atoms with van der Waals surface area (Å²) in [6.07, 6.45) is 0.408. The monoisotopic (exact) mass is 378 g/mol. The molecule has 0 amide bonds. The van der Waals surface area contributed by atoms with E-state index in [1.54, 1.807) is 7.11 Å². The second-order valence-corrected chi connectivity index (χ2v) is 7.21. The molecule has 1 aromatic carbocycles. The van der Waals surface area contributed by atoms with Crippen LogP contribution in [0.4, 0.5) is 0 Å². The van der Waals surface area contributed by atoms with Gasteiger partial charge < -0.3 is 20.5 Å². The Morgan fingerprint density at radius 3 is 2.26 bits per heavy atom. The second-order valence-electron chi connectivity index (χ2n) is 7.21. The van der Waals surface area contributed by atoms with E-state index in [-0.39, 0.29) is 0 Å². The van der Waals surface area contributed by atoms with E-state index in [0.29, 0.717) is 18.6 Å². The van der Waals surface area contributed by atoms with Gasteiger partial charge in [-0.05, 0) is 58.7 Å². The molecule has 1 aromatic rings. The summed E-state index contributed by atoms with van der Waals surface area (Å²) >= 11 is 0. The molecule has 27 heavy (non-hydrogen) atoms. The minimum atomic E-state index is -0.635. The fraction of sp³-hybridized carbons (Fsp3) is 0.667. The van der Waals surface area contributed by atoms with E-state index in [0.717, 1.165) is 43.3 Å². The highest BCUT2D eigenvalue weighted by Crippen LogP contribution is 2.17. The summed E-state index contributed by atoms with van der Waals surface area (Å²) in [5, 5.41) is 17.0. The van der Waals surface area contributed by atoms with E-state index in [2.05, 4.69) is 48.2 Å². The van der Waals surface area contributed by atoms with Crippen molar-refractivity contribution in [1.82, 2.24) is 15.5 Å². The van der Waals surface area contributed by atoms with Gasteiger partial charge in [0.15, 0.2) is 5.96 Å². The average molecular weight is 379 g/mol. The van der Waals surface area contributed by atoms with Crippen molar-refractivity contribution in [1.29, 1.82) is 0 Å². The maximum absolute atomic E-state index is 10.4. The molecule has 1 unspecified atom stereocenters. The smallest absolute Gasteiger partial charge is 0.191 e. The summed E-state index contributed by atoms with van der Waals surface area (Å²) in [4.78, 5) is 7.00. The molecular weight excluding hydrogens is 340 g/mol.